The fourth-order valence-electron chi connectivity index (χ4n) is 2.75. The van der Waals surface area contributed by atoms with Gasteiger partial charge in [-0.1, -0.05) is 23.2 Å². The third-order valence-electron chi connectivity index (χ3n) is 3.87. The van der Waals surface area contributed by atoms with E-state index in [1.165, 1.54) is 29.2 Å². The summed E-state index contributed by atoms with van der Waals surface area (Å²) in [7, 11) is 0. The van der Waals surface area contributed by atoms with Crippen molar-refractivity contribution >= 4 is 46.4 Å². The van der Waals surface area contributed by atoms with Gasteiger partial charge in [0.15, 0.2) is 0 Å². The van der Waals surface area contributed by atoms with Crippen LogP contribution >= 0.6 is 23.2 Å². The molecule has 0 bridgehead atoms. The number of carbonyl (C=O) groups excluding carboxylic acids is 2. The summed E-state index contributed by atoms with van der Waals surface area (Å²) in [6.45, 7) is 2.22. The predicted octanol–water partition coefficient (Wildman–Crippen LogP) is 4.22. The first-order valence-corrected chi connectivity index (χ1v) is 8.04. The van der Waals surface area contributed by atoms with Crippen LogP contribution in [0.4, 0.5) is 15.8 Å². The lowest BCUT2D eigenvalue weighted by atomic mass is 9.99. The van der Waals surface area contributed by atoms with Crippen molar-refractivity contribution in [1.82, 2.24) is 0 Å². The summed E-state index contributed by atoms with van der Waals surface area (Å²) in [6, 6.07) is 8.46. The molecule has 0 saturated carbocycles. The normalized spacial score (nSPS) is 16.2. The van der Waals surface area contributed by atoms with Crippen molar-refractivity contribution in [3.05, 3.63) is 57.8 Å². The molecule has 124 valence electrons. The van der Waals surface area contributed by atoms with Crippen LogP contribution < -0.4 is 10.2 Å². The lowest BCUT2D eigenvalue weighted by Crippen LogP contribution is -2.33. The molecule has 1 aliphatic rings. The zero-order valence-electron chi connectivity index (χ0n) is 12.6. The highest BCUT2D eigenvalue weighted by molar-refractivity contribution is 6.42. The zero-order valence-corrected chi connectivity index (χ0v) is 14.2. The van der Waals surface area contributed by atoms with Gasteiger partial charge in [-0.3, -0.25) is 9.59 Å². The molecule has 7 heteroatoms. The average Bonchev–Trinajstić information content (AvgIpc) is 2.81. The Bertz CT molecular complexity index is 824. The summed E-state index contributed by atoms with van der Waals surface area (Å²) in [5.41, 5.74) is 1.50. The zero-order chi connectivity index (χ0) is 17.4. The molecule has 0 saturated heterocycles. The molecule has 2 amide bonds. The van der Waals surface area contributed by atoms with Crippen LogP contribution in [0.1, 0.15) is 18.4 Å². The van der Waals surface area contributed by atoms with Crippen molar-refractivity contribution in [1.29, 1.82) is 0 Å². The molecule has 3 rings (SSSR count). The number of nitrogens with one attached hydrogen (secondary N) is 1. The first-order valence-electron chi connectivity index (χ1n) is 7.29. The molecule has 24 heavy (non-hydrogen) atoms. The lowest BCUT2D eigenvalue weighted by molar-refractivity contribution is -0.126. The Kier molecular flexibility index (Phi) is 4.47. The van der Waals surface area contributed by atoms with Gasteiger partial charge >= 0.3 is 0 Å². The number of nitrogens with zero attached hydrogens (tertiary/aromatic N) is 1. The van der Waals surface area contributed by atoms with E-state index in [1.807, 2.05) is 6.92 Å². The molecule has 2 aromatic rings. The number of anilines is 2. The molecule has 4 nitrogen and oxygen atoms in total. The van der Waals surface area contributed by atoms with Crippen LogP contribution in [0, 0.1) is 5.82 Å². The molecule has 1 N–H and O–H groups in total. The second kappa shape index (κ2) is 6.42. The van der Waals surface area contributed by atoms with Crippen LogP contribution in [0.2, 0.25) is 10.0 Å². The number of hydrogen-bond donors (Lipinski definition) is 1. The van der Waals surface area contributed by atoms with E-state index in [-0.39, 0.29) is 10.9 Å². The van der Waals surface area contributed by atoms with Gasteiger partial charge in [-0.05, 0) is 48.9 Å². The molecule has 1 aliphatic heterocycles. The third kappa shape index (κ3) is 2.85. The number of halogens is 3. The Hall–Kier alpha value is -2.11. The minimum absolute atomic E-state index is 0.278. The van der Waals surface area contributed by atoms with E-state index in [9.17, 15) is 14.0 Å². The van der Waals surface area contributed by atoms with Crippen LogP contribution in [0.5, 0.6) is 0 Å². The van der Waals surface area contributed by atoms with Crippen LogP contribution in [-0.2, 0) is 9.59 Å². The van der Waals surface area contributed by atoms with Crippen molar-refractivity contribution < 1.29 is 14.0 Å². The monoisotopic (exact) mass is 366 g/mol. The Morgan fingerprint density at radius 2 is 1.83 bits per heavy atom. The summed E-state index contributed by atoms with van der Waals surface area (Å²) in [5, 5.41) is 3.23. The Morgan fingerprint density at radius 1 is 1.21 bits per heavy atom. The molecule has 1 atom stereocenters. The maximum Gasteiger partial charge on any atom is 0.244 e. The Balaban J connectivity index is 1.96. The smallest absolute Gasteiger partial charge is 0.244 e. The molecule has 0 aromatic heterocycles. The Morgan fingerprint density at radius 3 is 2.46 bits per heavy atom. The Labute approximate surface area is 148 Å². The minimum atomic E-state index is -1.01. The molecular weight excluding hydrogens is 354 g/mol. The van der Waals surface area contributed by atoms with Gasteiger partial charge in [-0.2, -0.15) is 0 Å². The summed E-state index contributed by atoms with van der Waals surface area (Å²) in [6.07, 6.45) is 0. The highest BCUT2D eigenvalue weighted by atomic mass is 35.5. The van der Waals surface area contributed by atoms with E-state index in [0.717, 1.165) is 0 Å². The maximum absolute atomic E-state index is 13.0. The van der Waals surface area contributed by atoms with Crippen LogP contribution in [-0.4, -0.2) is 18.4 Å². The molecule has 1 unspecified atom stereocenters. The number of amides is 2. The van der Waals surface area contributed by atoms with Gasteiger partial charge in [0.1, 0.15) is 11.7 Å². The van der Waals surface area contributed by atoms with E-state index in [2.05, 4.69) is 5.32 Å². The highest BCUT2D eigenvalue weighted by Gasteiger charge is 2.41. The van der Waals surface area contributed by atoms with Gasteiger partial charge < -0.3 is 10.2 Å². The van der Waals surface area contributed by atoms with Crippen LogP contribution in [0.15, 0.2) is 36.4 Å². The van der Waals surface area contributed by atoms with Crippen LogP contribution in [0.25, 0.3) is 0 Å². The average molecular weight is 367 g/mol. The highest BCUT2D eigenvalue weighted by Crippen LogP contribution is 2.42. The quantitative estimate of drug-likeness (QED) is 0.826. The predicted molar refractivity (Wildman–Crippen MR) is 92.3 cm³/mol. The van der Waals surface area contributed by atoms with Gasteiger partial charge in [-0.25, -0.2) is 4.39 Å². The number of carbonyl (C=O) groups is 2. The van der Waals surface area contributed by atoms with E-state index in [0.29, 0.717) is 28.5 Å². The van der Waals surface area contributed by atoms with Crippen molar-refractivity contribution in [2.75, 3.05) is 16.8 Å². The van der Waals surface area contributed by atoms with Gasteiger partial charge in [0.25, 0.3) is 0 Å². The van der Waals surface area contributed by atoms with Gasteiger partial charge in [0.05, 0.1) is 10.0 Å². The van der Waals surface area contributed by atoms with Crippen LogP contribution in [0.3, 0.4) is 0 Å². The van der Waals surface area contributed by atoms with Gasteiger partial charge in [0, 0.05) is 17.9 Å². The van der Waals surface area contributed by atoms with E-state index >= 15 is 0 Å². The summed E-state index contributed by atoms with van der Waals surface area (Å²) in [4.78, 5) is 26.7. The maximum atomic E-state index is 13.0. The minimum Gasteiger partial charge on any atom is -0.325 e. The topological polar surface area (TPSA) is 49.4 Å². The number of hydrogen-bond acceptors (Lipinski definition) is 2. The number of fused-ring (bicyclic) bond motifs is 1. The number of rotatable bonds is 3. The van der Waals surface area contributed by atoms with E-state index in [1.54, 1.807) is 12.1 Å². The molecule has 2 aromatic carbocycles. The third-order valence-corrected chi connectivity index (χ3v) is 4.60. The second-order valence-corrected chi connectivity index (χ2v) is 6.15. The van der Waals surface area contributed by atoms with Crippen molar-refractivity contribution in [2.24, 2.45) is 0 Å². The molecule has 0 aliphatic carbocycles. The van der Waals surface area contributed by atoms with E-state index in [4.69, 9.17) is 23.2 Å². The summed E-state index contributed by atoms with van der Waals surface area (Å²) >= 11 is 12.1. The SMILES string of the molecule is CCN1C(=O)C(C(=O)Nc2ccc(F)cc2)c2cc(Cl)c(Cl)cc21. The van der Waals surface area contributed by atoms with Gasteiger partial charge in [-0.15, -0.1) is 0 Å². The molecule has 0 radical (unpaired) electrons. The number of likely N-dealkylation sites (N-methyl/N-ethyl adjacent to an activating group) is 1. The molecular formula is C17H13Cl2FN2O2. The molecule has 0 fully saturated rings. The largest absolute Gasteiger partial charge is 0.325 e. The van der Waals surface area contributed by atoms with Gasteiger partial charge in [0.2, 0.25) is 11.8 Å². The lowest BCUT2D eigenvalue weighted by Gasteiger charge is -2.15. The van der Waals surface area contributed by atoms with E-state index < -0.39 is 17.6 Å². The molecule has 0 spiro atoms. The first kappa shape index (κ1) is 16.7. The van der Waals surface area contributed by atoms with Crippen molar-refractivity contribution in [2.45, 2.75) is 12.8 Å². The standard InChI is InChI=1S/C17H13Cl2FN2O2/c1-2-22-14-8-13(19)12(18)7-11(14)15(17(22)24)16(23)21-10-5-3-9(20)4-6-10/h3-8,15H,2H2,1H3,(H,21,23). The summed E-state index contributed by atoms with van der Waals surface area (Å²) in [5.74, 6) is -2.26. The number of benzene rings is 2. The fourth-order valence-corrected chi connectivity index (χ4v) is 3.08. The molecule has 1 heterocycles. The first-order chi connectivity index (χ1) is 11.4. The second-order valence-electron chi connectivity index (χ2n) is 5.34. The van der Waals surface area contributed by atoms with Crippen molar-refractivity contribution in [3.63, 3.8) is 0 Å². The van der Waals surface area contributed by atoms with Crippen molar-refractivity contribution in [3.8, 4) is 0 Å². The fraction of sp³-hybridized carbons (Fsp3) is 0.176. The summed E-state index contributed by atoms with van der Waals surface area (Å²) < 4.78 is 13.0.